The molecule has 8 nitrogen and oxygen atoms in total. The Hall–Kier alpha value is -3.59. The lowest BCUT2D eigenvalue weighted by molar-refractivity contribution is 0.572. The Balaban J connectivity index is 1.53. The number of anilines is 3. The summed E-state index contributed by atoms with van der Waals surface area (Å²) in [6, 6.07) is 4.41. The van der Waals surface area contributed by atoms with E-state index in [2.05, 4.69) is 42.7 Å². The zero-order chi connectivity index (χ0) is 24.9. The predicted molar refractivity (Wildman–Crippen MR) is 140 cm³/mol. The molecule has 9 heteroatoms. The van der Waals surface area contributed by atoms with Gasteiger partial charge < -0.3 is 26.3 Å². The summed E-state index contributed by atoms with van der Waals surface area (Å²) < 4.78 is 14.7. The SMILES string of the molecule is CCNC1CCN(c2ccc(Nc3ncc(F)c(C4=C/C(=C(/NC)C(C)C)C(=N)C=C4)n3)nc2)C1. The molecule has 0 spiro atoms. The van der Waals surface area contributed by atoms with Crippen LogP contribution in [0.2, 0.25) is 0 Å². The maximum Gasteiger partial charge on any atom is 0.229 e. The van der Waals surface area contributed by atoms with Crippen molar-refractivity contribution in [1.29, 1.82) is 5.41 Å². The summed E-state index contributed by atoms with van der Waals surface area (Å²) in [5, 5.41) is 18.0. The molecule has 4 N–H and O–H groups in total. The fourth-order valence-corrected chi connectivity index (χ4v) is 4.49. The number of allylic oxidation sites excluding steroid dienone is 6. The van der Waals surface area contributed by atoms with Crippen molar-refractivity contribution < 1.29 is 4.39 Å². The van der Waals surface area contributed by atoms with Crippen molar-refractivity contribution in [2.75, 3.05) is 36.9 Å². The topological polar surface area (TPSA) is 102 Å². The third-order valence-electron chi connectivity index (χ3n) is 6.21. The van der Waals surface area contributed by atoms with Crippen LogP contribution >= 0.6 is 0 Å². The highest BCUT2D eigenvalue weighted by molar-refractivity contribution is 6.13. The molecule has 3 heterocycles. The van der Waals surface area contributed by atoms with Crippen LogP contribution in [0, 0.1) is 17.1 Å². The molecule has 2 aliphatic rings. The summed E-state index contributed by atoms with van der Waals surface area (Å²) in [6.45, 7) is 9.16. The molecule has 4 rings (SSSR count). The van der Waals surface area contributed by atoms with E-state index >= 15 is 0 Å². The van der Waals surface area contributed by atoms with E-state index < -0.39 is 5.82 Å². The van der Waals surface area contributed by atoms with Crippen LogP contribution in [-0.2, 0) is 0 Å². The second kappa shape index (κ2) is 10.8. The first-order valence-corrected chi connectivity index (χ1v) is 12.0. The predicted octanol–water partition coefficient (Wildman–Crippen LogP) is 4.04. The molecule has 35 heavy (non-hydrogen) atoms. The molecule has 0 bridgehead atoms. The van der Waals surface area contributed by atoms with E-state index in [1.54, 1.807) is 18.2 Å². The monoisotopic (exact) mass is 476 g/mol. The minimum Gasteiger partial charge on any atom is -0.391 e. The quantitative estimate of drug-likeness (QED) is 0.456. The van der Waals surface area contributed by atoms with Crippen LogP contribution in [-0.4, -0.2) is 53.4 Å². The second-order valence-electron chi connectivity index (χ2n) is 8.98. The van der Waals surface area contributed by atoms with Crippen molar-refractivity contribution in [2.45, 2.75) is 33.2 Å². The van der Waals surface area contributed by atoms with Crippen molar-refractivity contribution in [1.82, 2.24) is 25.6 Å². The van der Waals surface area contributed by atoms with E-state index in [9.17, 15) is 4.39 Å². The Morgan fingerprint density at radius 2 is 2.06 bits per heavy atom. The summed E-state index contributed by atoms with van der Waals surface area (Å²) in [5.74, 6) is 0.507. The average Bonchev–Trinajstić information content (AvgIpc) is 3.31. The highest BCUT2D eigenvalue weighted by Crippen LogP contribution is 2.28. The van der Waals surface area contributed by atoms with E-state index in [1.807, 2.05) is 39.2 Å². The normalized spacial score (nSPS) is 19.3. The molecule has 1 atom stereocenters. The highest BCUT2D eigenvalue weighted by atomic mass is 19.1. The fraction of sp³-hybridized carbons (Fsp3) is 0.385. The molecule has 1 aliphatic heterocycles. The van der Waals surface area contributed by atoms with Gasteiger partial charge in [0.25, 0.3) is 0 Å². The molecule has 0 saturated carbocycles. The van der Waals surface area contributed by atoms with Crippen molar-refractivity contribution >= 4 is 28.7 Å². The molecule has 184 valence electrons. The fourth-order valence-electron chi connectivity index (χ4n) is 4.49. The molecular formula is C26H33FN8. The van der Waals surface area contributed by atoms with E-state index in [1.165, 1.54) is 0 Å². The van der Waals surface area contributed by atoms with Gasteiger partial charge in [-0.3, -0.25) is 0 Å². The Labute approximate surface area is 206 Å². The maximum absolute atomic E-state index is 14.7. The zero-order valence-electron chi connectivity index (χ0n) is 20.7. The van der Waals surface area contributed by atoms with Crippen molar-refractivity contribution in [2.24, 2.45) is 5.92 Å². The van der Waals surface area contributed by atoms with Crippen molar-refractivity contribution in [3.8, 4) is 0 Å². The van der Waals surface area contributed by atoms with Crippen LogP contribution in [0.3, 0.4) is 0 Å². The van der Waals surface area contributed by atoms with Gasteiger partial charge in [-0.2, -0.15) is 0 Å². The second-order valence-corrected chi connectivity index (χ2v) is 8.98. The summed E-state index contributed by atoms with van der Waals surface area (Å²) >= 11 is 0. The van der Waals surface area contributed by atoms with Gasteiger partial charge >= 0.3 is 0 Å². The minimum atomic E-state index is -0.526. The smallest absolute Gasteiger partial charge is 0.229 e. The van der Waals surface area contributed by atoms with Gasteiger partial charge in [-0.05, 0) is 43.2 Å². The number of likely N-dealkylation sites (N-methyl/N-ethyl adjacent to an activating group) is 1. The Morgan fingerprint density at radius 3 is 2.74 bits per heavy atom. The van der Waals surface area contributed by atoms with Crippen LogP contribution in [0.5, 0.6) is 0 Å². The standard InChI is InChI=1S/C26H33FN8/c1-5-30-18-10-11-35(15-18)19-7-9-23(31-13-19)33-26-32-14-21(27)25(34-26)17-6-8-22(28)20(12-17)24(29-4)16(2)3/h6-9,12-14,16,18,28-30H,5,10-11,15H2,1-4H3,(H,31,32,33,34)/b24-20-,28-22?. The van der Waals surface area contributed by atoms with Gasteiger partial charge in [-0.25, -0.2) is 19.3 Å². The largest absolute Gasteiger partial charge is 0.391 e. The average molecular weight is 477 g/mol. The number of hydrogen-bond donors (Lipinski definition) is 4. The molecule has 2 aromatic rings. The lowest BCUT2D eigenvalue weighted by Crippen LogP contribution is -2.32. The third kappa shape index (κ3) is 5.57. The van der Waals surface area contributed by atoms with Crippen LogP contribution in [0.15, 0.2) is 54.0 Å². The van der Waals surface area contributed by atoms with Gasteiger partial charge in [-0.1, -0.05) is 26.8 Å². The lowest BCUT2D eigenvalue weighted by Gasteiger charge is -2.19. The first-order chi connectivity index (χ1) is 16.9. The number of aromatic nitrogens is 3. The number of pyridine rings is 1. The number of nitrogens with one attached hydrogen (secondary N) is 4. The van der Waals surface area contributed by atoms with Gasteiger partial charge in [0, 0.05) is 43.0 Å². The van der Waals surface area contributed by atoms with Crippen molar-refractivity contribution in [3.05, 3.63) is 65.5 Å². The Morgan fingerprint density at radius 1 is 1.23 bits per heavy atom. The first kappa shape index (κ1) is 24.5. The Bertz CT molecular complexity index is 1170. The summed E-state index contributed by atoms with van der Waals surface area (Å²) in [4.78, 5) is 15.3. The number of nitrogens with zero attached hydrogens (tertiary/aromatic N) is 4. The third-order valence-corrected chi connectivity index (χ3v) is 6.21. The molecule has 0 radical (unpaired) electrons. The van der Waals surface area contributed by atoms with Gasteiger partial charge in [-0.15, -0.1) is 0 Å². The molecule has 0 aromatic carbocycles. The van der Waals surface area contributed by atoms with E-state index in [4.69, 9.17) is 5.41 Å². The summed E-state index contributed by atoms with van der Waals surface area (Å²) in [5.41, 5.74) is 3.85. The molecule has 2 aromatic heterocycles. The molecule has 1 aliphatic carbocycles. The molecule has 1 fully saturated rings. The lowest BCUT2D eigenvalue weighted by atomic mass is 9.93. The highest BCUT2D eigenvalue weighted by Gasteiger charge is 2.22. The molecule has 0 amide bonds. The molecular weight excluding hydrogens is 443 g/mol. The minimum absolute atomic E-state index is 0.172. The van der Waals surface area contributed by atoms with Crippen LogP contribution in [0.25, 0.3) is 5.57 Å². The van der Waals surface area contributed by atoms with E-state index in [0.29, 0.717) is 23.1 Å². The van der Waals surface area contributed by atoms with Gasteiger partial charge in [0.15, 0.2) is 5.82 Å². The Kier molecular flexibility index (Phi) is 7.55. The van der Waals surface area contributed by atoms with Gasteiger partial charge in [0.2, 0.25) is 5.95 Å². The van der Waals surface area contributed by atoms with E-state index in [-0.39, 0.29) is 17.6 Å². The molecule has 1 saturated heterocycles. The van der Waals surface area contributed by atoms with E-state index in [0.717, 1.165) is 49.2 Å². The van der Waals surface area contributed by atoms with Gasteiger partial charge in [0.05, 0.1) is 23.8 Å². The number of halogens is 1. The van der Waals surface area contributed by atoms with Crippen LogP contribution < -0.4 is 20.9 Å². The van der Waals surface area contributed by atoms with Crippen molar-refractivity contribution in [3.63, 3.8) is 0 Å². The molecule has 1 unspecified atom stereocenters. The van der Waals surface area contributed by atoms with Crippen LogP contribution in [0.4, 0.5) is 21.8 Å². The number of hydrogen-bond acceptors (Lipinski definition) is 8. The number of rotatable bonds is 8. The van der Waals surface area contributed by atoms with Crippen LogP contribution in [0.1, 0.15) is 32.9 Å². The zero-order valence-corrected chi connectivity index (χ0v) is 20.7. The van der Waals surface area contributed by atoms with Gasteiger partial charge in [0.1, 0.15) is 11.5 Å². The maximum atomic E-state index is 14.7. The summed E-state index contributed by atoms with van der Waals surface area (Å²) in [6.07, 6.45) is 9.28. The first-order valence-electron chi connectivity index (χ1n) is 12.0. The summed E-state index contributed by atoms with van der Waals surface area (Å²) in [7, 11) is 1.83.